The molecule has 0 aliphatic heterocycles. The minimum absolute atomic E-state index is 0.123. The van der Waals surface area contributed by atoms with Crippen LogP contribution in [0.5, 0.6) is 0 Å². The zero-order chi connectivity index (χ0) is 17.3. The lowest BCUT2D eigenvalue weighted by molar-refractivity contribution is -0.156. The van der Waals surface area contributed by atoms with Gasteiger partial charge in [0.1, 0.15) is 6.42 Å². The van der Waals surface area contributed by atoms with Gasteiger partial charge in [0.05, 0.1) is 6.10 Å². The van der Waals surface area contributed by atoms with Crippen LogP contribution in [0.15, 0.2) is 0 Å². The average Bonchev–Trinajstić information content (AvgIpc) is 2.35. The summed E-state index contributed by atoms with van der Waals surface area (Å²) in [6, 6.07) is 0. The van der Waals surface area contributed by atoms with Crippen LogP contribution in [0, 0.1) is 17.3 Å². The van der Waals surface area contributed by atoms with Crippen LogP contribution in [0.3, 0.4) is 0 Å². The molecule has 0 bridgehead atoms. The van der Waals surface area contributed by atoms with Gasteiger partial charge in [-0.15, -0.1) is 0 Å². The lowest BCUT2D eigenvalue weighted by Crippen LogP contribution is -2.37. The Labute approximate surface area is 135 Å². The molecule has 0 aliphatic rings. The fraction of sp³-hybridized carbons (Fsp3) is 0.889. The molecule has 0 heterocycles. The first-order valence-corrected chi connectivity index (χ1v) is 8.57. The van der Waals surface area contributed by atoms with Gasteiger partial charge in [-0.25, -0.2) is 0 Å². The molecule has 4 nitrogen and oxygen atoms in total. The van der Waals surface area contributed by atoms with Crippen molar-refractivity contribution in [1.29, 1.82) is 0 Å². The van der Waals surface area contributed by atoms with Gasteiger partial charge < -0.3 is 9.84 Å². The average molecular weight is 314 g/mol. The van der Waals surface area contributed by atoms with E-state index in [9.17, 15) is 9.59 Å². The monoisotopic (exact) mass is 314 g/mol. The number of carboxylic acids is 1. The van der Waals surface area contributed by atoms with E-state index in [-0.39, 0.29) is 11.5 Å². The van der Waals surface area contributed by atoms with Crippen molar-refractivity contribution in [2.75, 3.05) is 0 Å². The third-order valence-electron chi connectivity index (χ3n) is 4.84. The van der Waals surface area contributed by atoms with E-state index in [2.05, 4.69) is 34.6 Å². The first-order valence-electron chi connectivity index (χ1n) is 8.57. The number of hydrogen-bond acceptors (Lipinski definition) is 3. The molecule has 1 N–H and O–H groups in total. The smallest absolute Gasteiger partial charge is 0.317 e. The highest BCUT2D eigenvalue weighted by Crippen LogP contribution is 2.45. The largest absolute Gasteiger partial charge is 0.481 e. The van der Waals surface area contributed by atoms with Crippen LogP contribution in [0.25, 0.3) is 0 Å². The first-order chi connectivity index (χ1) is 10.2. The first kappa shape index (κ1) is 20.9. The van der Waals surface area contributed by atoms with E-state index < -0.39 is 18.4 Å². The van der Waals surface area contributed by atoms with Crippen molar-refractivity contribution < 1.29 is 19.4 Å². The van der Waals surface area contributed by atoms with E-state index in [1.807, 2.05) is 6.92 Å². The molecule has 130 valence electrons. The highest BCUT2D eigenvalue weighted by molar-refractivity contribution is 5.90. The summed E-state index contributed by atoms with van der Waals surface area (Å²) in [5, 5.41) is 8.65. The predicted molar refractivity (Wildman–Crippen MR) is 88.7 cm³/mol. The number of unbranched alkanes of at least 4 members (excludes halogenated alkanes) is 2. The van der Waals surface area contributed by atoms with Gasteiger partial charge in [0.2, 0.25) is 0 Å². The fourth-order valence-electron chi connectivity index (χ4n) is 3.49. The Bertz CT molecular complexity index is 339. The fourth-order valence-corrected chi connectivity index (χ4v) is 3.49. The molecule has 0 saturated carbocycles. The molecule has 22 heavy (non-hydrogen) atoms. The summed E-state index contributed by atoms with van der Waals surface area (Å²) >= 11 is 0. The van der Waals surface area contributed by atoms with Crippen molar-refractivity contribution in [2.24, 2.45) is 17.3 Å². The standard InChI is InChI=1S/C18H34O4/c1-7-8-9-10-18(13(2)3,14(4)5)12-15(6)22-17(21)11-16(19)20/h13-15H,7-12H2,1-6H3,(H,19,20). The van der Waals surface area contributed by atoms with Crippen LogP contribution in [0.1, 0.15) is 80.1 Å². The van der Waals surface area contributed by atoms with Crippen molar-refractivity contribution in [1.82, 2.24) is 0 Å². The molecular weight excluding hydrogens is 280 g/mol. The SMILES string of the molecule is CCCCCC(CC(C)OC(=O)CC(=O)O)(C(C)C)C(C)C. The van der Waals surface area contributed by atoms with Gasteiger partial charge in [-0.05, 0) is 37.0 Å². The second-order valence-electron chi connectivity index (χ2n) is 7.07. The molecule has 0 aromatic heterocycles. The van der Waals surface area contributed by atoms with Gasteiger partial charge in [0, 0.05) is 0 Å². The number of ether oxygens (including phenoxy) is 1. The van der Waals surface area contributed by atoms with Crippen molar-refractivity contribution >= 4 is 11.9 Å². The van der Waals surface area contributed by atoms with E-state index in [4.69, 9.17) is 9.84 Å². The van der Waals surface area contributed by atoms with Gasteiger partial charge in [0.15, 0.2) is 0 Å². The second kappa shape index (κ2) is 9.86. The Hall–Kier alpha value is -1.06. The zero-order valence-electron chi connectivity index (χ0n) is 15.1. The highest BCUT2D eigenvalue weighted by atomic mass is 16.5. The molecule has 0 rings (SSSR count). The second-order valence-corrected chi connectivity index (χ2v) is 7.07. The molecule has 0 aromatic carbocycles. The lowest BCUT2D eigenvalue weighted by Gasteiger charge is -2.43. The van der Waals surface area contributed by atoms with E-state index in [1.54, 1.807) is 0 Å². The molecule has 0 spiro atoms. The quantitative estimate of drug-likeness (QED) is 0.342. The minimum atomic E-state index is -1.14. The molecule has 0 aliphatic carbocycles. The van der Waals surface area contributed by atoms with Crippen LogP contribution < -0.4 is 0 Å². The summed E-state index contributed by atoms with van der Waals surface area (Å²) in [7, 11) is 0. The van der Waals surface area contributed by atoms with Crippen molar-refractivity contribution in [3.05, 3.63) is 0 Å². The van der Waals surface area contributed by atoms with E-state index in [1.165, 1.54) is 19.3 Å². The number of carboxylic acid groups (broad SMARTS) is 1. The number of carbonyl (C=O) groups is 2. The molecule has 0 fully saturated rings. The van der Waals surface area contributed by atoms with Gasteiger partial charge in [-0.3, -0.25) is 9.59 Å². The minimum Gasteiger partial charge on any atom is -0.481 e. The lowest BCUT2D eigenvalue weighted by atomic mass is 9.63. The molecule has 1 atom stereocenters. The maximum Gasteiger partial charge on any atom is 0.317 e. The number of hydrogen-bond donors (Lipinski definition) is 1. The normalized spacial score (nSPS) is 13.5. The Morgan fingerprint density at radius 2 is 1.59 bits per heavy atom. The van der Waals surface area contributed by atoms with Gasteiger partial charge in [-0.1, -0.05) is 53.9 Å². The number of carbonyl (C=O) groups excluding carboxylic acids is 1. The van der Waals surface area contributed by atoms with Crippen LogP contribution in [0.4, 0.5) is 0 Å². The van der Waals surface area contributed by atoms with Gasteiger partial charge in [0.25, 0.3) is 0 Å². The maximum absolute atomic E-state index is 11.5. The molecule has 0 aromatic rings. The molecule has 1 unspecified atom stereocenters. The van der Waals surface area contributed by atoms with Crippen LogP contribution in [-0.2, 0) is 14.3 Å². The summed E-state index contributed by atoms with van der Waals surface area (Å²) < 4.78 is 5.30. The topological polar surface area (TPSA) is 63.6 Å². The summed E-state index contributed by atoms with van der Waals surface area (Å²) in [4.78, 5) is 22.1. The summed E-state index contributed by atoms with van der Waals surface area (Å²) in [6.07, 6.45) is 4.69. The van der Waals surface area contributed by atoms with E-state index in [0.29, 0.717) is 11.8 Å². The molecular formula is C18H34O4. The molecule has 0 radical (unpaired) electrons. The van der Waals surface area contributed by atoms with Crippen LogP contribution >= 0.6 is 0 Å². The van der Waals surface area contributed by atoms with Crippen LogP contribution in [-0.4, -0.2) is 23.1 Å². The number of aliphatic carboxylic acids is 1. The zero-order valence-corrected chi connectivity index (χ0v) is 15.1. The highest BCUT2D eigenvalue weighted by Gasteiger charge is 2.38. The van der Waals surface area contributed by atoms with Gasteiger partial charge in [-0.2, -0.15) is 0 Å². The maximum atomic E-state index is 11.5. The van der Waals surface area contributed by atoms with Crippen molar-refractivity contribution in [2.45, 2.75) is 86.2 Å². The van der Waals surface area contributed by atoms with Crippen molar-refractivity contribution in [3.8, 4) is 0 Å². The Kier molecular flexibility index (Phi) is 9.38. The van der Waals surface area contributed by atoms with E-state index >= 15 is 0 Å². The van der Waals surface area contributed by atoms with Crippen molar-refractivity contribution in [3.63, 3.8) is 0 Å². The number of esters is 1. The Morgan fingerprint density at radius 3 is 2.00 bits per heavy atom. The predicted octanol–water partition coefficient (Wildman–Crippen LogP) is 4.66. The van der Waals surface area contributed by atoms with Crippen LogP contribution in [0.2, 0.25) is 0 Å². The molecule has 4 heteroatoms. The third-order valence-corrected chi connectivity index (χ3v) is 4.84. The van der Waals surface area contributed by atoms with Gasteiger partial charge >= 0.3 is 11.9 Å². The Morgan fingerprint density at radius 1 is 1.05 bits per heavy atom. The molecule has 0 saturated heterocycles. The summed E-state index contributed by atoms with van der Waals surface area (Å²) in [5.41, 5.74) is 0.123. The summed E-state index contributed by atoms with van der Waals surface area (Å²) in [6.45, 7) is 13.0. The Balaban J connectivity index is 4.87. The summed E-state index contributed by atoms with van der Waals surface area (Å²) in [5.74, 6) is -0.802. The number of rotatable bonds is 11. The van der Waals surface area contributed by atoms with E-state index in [0.717, 1.165) is 12.8 Å². The third kappa shape index (κ3) is 6.80. The molecule has 0 amide bonds.